The van der Waals surface area contributed by atoms with Gasteiger partial charge in [-0.05, 0) is 6.47 Å². The Balaban J connectivity index is 0. The molecule has 0 rings (SSSR count). The second-order valence-electron chi connectivity index (χ2n) is 1.88. The minimum atomic E-state index is -1.16. The molecule has 74 valence electrons. The van der Waals surface area contributed by atoms with E-state index in [1.807, 2.05) is 0 Å². The molecule has 3 N–H and O–H groups in total. The number of hydrogen-bond acceptors (Lipinski definition) is 6. The predicted octanol–water partition coefficient (Wildman–Crippen LogP) is -4.63. The Morgan fingerprint density at radius 1 is 1.64 bits per heavy atom. The van der Waals surface area contributed by atoms with E-state index in [0.29, 0.717) is 0 Å². The van der Waals surface area contributed by atoms with Crippen LogP contribution in [0.1, 0.15) is 0 Å². The smallest absolute Gasteiger partial charge is 0.557 e. The maximum Gasteiger partial charge on any atom is 1.00 e. The summed E-state index contributed by atoms with van der Waals surface area (Å²) in [6, 6.07) is -1.08. The fourth-order valence-electron chi connectivity index (χ4n) is 0.380. The summed E-state index contributed by atoms with van der Waals surface area (Å²) >= 11 is 0. The molecule has 14 heavy (non-hydrogen) atoms. The van der Waals surface area contributed by atoms with Gasteiger partial charge in [0.2, 0.25) is 0 Å². The summed E-state index contributed by atoms with van der Waals surface area (Å²) in [4.78, 5) is 23.3. The molecule has 0 aliphatic heterocycles. The van der Waals surface area contributed by atoms with Gasteiger partial charge in [0.1, 0.15) is 6.04 Å². The van der Waals surface area contributed by atoms with Crippen LogP contribution in [0.15, 0.2) is 5.16 Å². The third-order valence-electron chi connectivity index (χ3n) is 0.929. The Kier molecular flexibility index (Phi) is 12.1. The molecule has 0 aromatic heterocycles. The molecule has 0 unspecified atom stereocenters. The number of carboxylic acids is 1. The van der Waals surface area contributed by atoms with Crippen LogP contribution >= 0.6 is 0 Å². The van der Waals surface area contributed by atoms with Crippen molar-refractivity contribution in [1.82, 2.24) is 0 Å². The van der Waals surface area contributed by atoms with Gasteiger partial charge in [0.25, 0.3) is 0 Å². The molecule has 0 saturated carbocycles. The summed E-state index contributed by atoms with van der Waals surface area (Å²) in [6.07, 6.45) is 2.15. The van der Waals surface area contributed by atoms with Gasteiger partial charge in [0.05, 0.1) is 6.61 Å². The summed E-state index contributed by atoms with van der Waals surface area (Å²) in [5.74, 6) is -1.16. The molecule has 0 heterocycles. The van der Waals surface area contributed by atoms with Gasteiger partial charge < -0.3 is 36.6 Å². The van der Waals surface area contributed by atoms with E-state index in [1.54, 1.807) is 0 Å². The van der Waals surface area contributed by atoms with E-state index in [0.717, 1.165) is 6.47 Å². The monoisotopic (exact) mass is 211 g/mol. The first-order valence-electron chi connectivity index (χ1n) is 3.20. The zero-order valence-corrected chi connectivity index (χ0v) is 9.60. The molecule has 0 fully saturated rings. The van der Waals surface area contributed by atoms with Crippen LogP contribution in [-0.4, -0.2) is 43.0 Å². The zero-order valence-electron chi connectivity index (χ0n) is 7.60. The van der Waals surface area contributed by atoms with Gasteiger partial charge in [-0.3, -0.25) is 4.79 Å². The van der Waals surface area contributed by atoms with Gasteiger partial charge >= 0.3 is 35.5 Å². The number of aliphatic carboxylic acids is 1. The number of rotatable bonds is 7. The van der Waals surface area contributed by atoms with E-state index in [-0.39, 0.29) is 42.8 Å². The predicted molar refractivity (Wildman–Crippen MR) is 40.6 cm³/mol. The molecule has 0 aromatic rings. The van der Waals surface area contributed by atoms with Crippen molar-refractivity contribution < 1.29 is 53.8 Å². The average Bonchev–Trinajstić information content (AvgIpc) is 2.10. The SMILES string of the molecule is N[C@@H](COC[C-]=NO[C-]=O)C(=O)O.[Na+]. The van der Waals surface area contributed by atoms with E-state index in [2.05, 4.69) is 20.9 Å². The van der Waals surface area contributed by atoms with Crippen LogP contribution in [0.5, 0.6) is 0 Å². The number of carbonyl (C=O) groups excluding carboxylic acids is 1. The summed E-state index contributed by atoms with van der Waals surface area (Å²) in [5.41, 5.74) is 5.08. The van der Waals surface area contributed by atoms with Crippen LogP contribution in [-0.2, 0) is 19.2 Å². The Morgan fingerprint density at radius 3 is 2.79 bits per heavy atom. The molecule has 0 radical (unpaired) electrons. The second kappa shape index (κ2) is 10.6. The second-order valence-corrected chi connectivity index (χ2v) is 1.88. The molecule has 0 aromatic carbocycles. The maximum absolute atomic E-state index is 10.1. The first-order chi connectivity index (χ1) is 6.18. The van der Waals surface area contributed by atoms with Gasteiger partial charge in [-0.15, -0.1) is 0 Å². The summed E-state index contributed by atoms with van der Waals surface area (Å²) in [7, 11) is 0. The average molecular weight is 211 g/mol. The van der Waals surface area contributed by atoms with Crippen molar-refractivity contribution in [2.75, 3.05) is 13.2 Å². The molecule has 0 aliphatic carbocycles. The zero-order chi connectivity index (χ0) is 10.1. The molecule has 8 heteroatoms. The molecule has 0 bridgehead atoms. The van der Waals surface area contributed by atoms with Crippen molar-refractivity contribution in [3.8, 4) is 0 Å². The largest absolute Gasteiger partial charge is 1.00 e. The van der Waals surface area contributed by atoms with Crippen LogP contribution in [0, 0.1) is 0 Å². The van der Waals surface area contributed by atoms with E-state index in [4.69, 9.17) is 10.8 Å². The van der Waals surface area contributed by atoms with Crippen molar-refractivity contribution in [2.45, 2.75) is 6.04 Å². The fourth-order valence-corrected chi connectivity index (χ4v) is 0.380. The number of carboxylic acid groups (broad SMARTS) is 1. The maximum atomic E-state index is 10.1. The van der Waals surface area contributed by atoms with Crippen molar-refractivity contribution >= 4 is 18.7 Å². The molecule has 0 aliphatic rings. The van der Waals surface area contributed by atoms with Crippen LogP contribution in [0.25, 0.3) is 0 Å². The Bertz CT molecular complexity index is 199. The molecular weight excluding hydrogens is 203 g/mol. The first kappa shape index (κ1) is 16.0. The van der Waals surface area contributed by atoms with Crippen LogP contribution in [0.2, 0.25) is 0 Å². The van der Waals surface area contributed by atoms with Gasteiger partial charge in [0.15, 0.2) is 0 Å². The molecular formula is C6H8N2NaO5-. The Morgan fingerprint density at radius 2 is 2.29 bits per heavy atom. The van der Waals surface area contributed by atoms with Gasteiger partial charge in [-0.1, -0.05) is 6.61 Å². The normalized spacial score (nSPS) is 11.8. The van der Waals surface area contributed by atoms with Gasteiger partial charge in [-0.2, -0.15) is 0 Å². The number of nitrogens with zero attached hydrogens (tertiary/aromatic N) is 1. The molecule has 0 spiro atoms. The molecule has 0 saturated heterocycles. The first-order valence-corrected chi connectivity index (χ1v) is 3.20. The van der Waals surface area contributed by atoms with Crippen LogP contribution in [0.3, 0.4) is 0 Å². The molecule has 1 atom stereocenters. The minimum Gasteiger partial charge on any atom is -0.557 e. The van der Waals surface area contributed by atoms with E-state index in [1.165, 1.54) is 0 Å². The summed E-state index contributed by atoms with van der Waals surface area (Å²) in [5, 5.41) is 11.2. The van der Waals surface area contributed by atoms with Gasteiger partial charge in [-0.25, -0.2) is 0 Å². The van der Waals surface area contributed by atoms with E-state index < -0.39 is 12.0 Å². The number of ether oxygens (including phenoxy) is 1. The van der Waals surface area contributed by atoms with Crippen LogP contribution in [0.4, 0.5) is 0 Å². The van der Waals surface area contributed by atoms with Crippen molar-refractivity contribution in [3.63, 3.8) is 0 Å². The fraction of sp³-hybridized carbons (Fsp3) is 0.500. The third kappa shape index (κ3) is 9.62. The molecule has 0 amide bonds. The minimum absolute atomic E-state index is 0. The van der Waals surface area contributed by atoms with E-state index in [9.17, 15) is 9.59 Å². The topological polar surface area (TPSA) is 111 Å². The van der Waals surface area contributed by atoms with Gasteiger partial charge in [0, 0.05) is 0 Å². The number of carbonyl (C=O) groups is 1. The Labute approximate surface area is 103 Å². The van der Waals surface area contributed by atoms with E-state index >= 15 is 0 Å². The van der Waals surface area contributed by atoms with Crippen molar-refractivity contribution in [3.05, 3.63) is 0 Å². The summed E-state index contributed by atoms with van der Waals surface area (Å²) in [6.45, 7) is 0.760. The van der Waals surface area contributed by atoms with Crippen molar-refractivity contribution in [2.24, 2.45) is 10.9 Å². The number of hydrogen-bond donors (Lipinski definition) is 2. The number of nitrogens with two attached hydrogens (primary N) is 1. The standard InChI is InChI=1S/C6H8N2O5.Na/c7-5(6(10)11)3-12-2-1-8-13-4-9;/h5H,2-3,7H2,(H,10,11);/q-2;+1/t5-;/m0./s1. The Hall–Kier alpha value is -0.470. The summed E-state index contributed by atoms with van der Waals surface area (Å²) < 4.78 is 4.68. The molecule has 7 nitrogen and oxygen atoms in total. The van der Waals surface area contributed by atoms with Crippen molar-refractivity contribution in [1.29, 1.82) is 0 Å². The third-order valence-corrected chi connectivity index (χ3v) is 0.929. The quantitative estimate of drug-likeness (QED) is 0.109. The van der Waals surface area contributed by atoms with Crippen LogP contribution < -0.4 is 35.3 Å².